The van der Waals surface area contributed by atoms with E-state index < -0.39 is 5.91 Å². The maximum absolute atomic E-state index is 10.3. The smallest absolute Gasteiger partial charge is 0.286 e. The summed E-state index contributed by atoms with van der Waals surface area (Å²) in [5, 5.41) is 0. The van der Waals surface area contributed by atoms with Crippen LogP contribution in [0.5, 0.6) is 0 Å². The van der Waals surface area contributed by atoms with Crippen LogP contribution in [0.3, 0.4) is 0 Å². The molecule has 0 unspecified atom stereocenters. The summed E-state index contributed by atoms with van der Waals surface area (Å²) in [5.74, 6) is -0.759. The van der Waals surface area contributed by atoms with Crippen molar-refractivity contribution in [3.63, 3.8) is 0 Å². The molecular weight excluding hydrogens is 132 g/mol. The fourth-order valence-corrected chi connectivity index (χ4v) is 0.425. The highest BCUT2D eigenvalue weighted by molar-refractivity contribution is 5.88. The highest BCUT2D eigenvalue weighted by atomic mass is 16.1. The lowest BCUT2D eigenvalue weighted by Crippen LogP contribution is -2.15. The molecule has 0 fully saturated rings. The van der Waals surface area contributed by atoms with Crippen molar-refractivity contribution < 1.29 is 4.79 Å². The number of hydrogen-bond acceptors (Lipinski definition) is 4. The van der Waals surface area contributed by atoms with Gasteiger partial charge in [-0.25, -0.2) is 9.97 Å². The Morgan fingerprint density at radius 2 is 2.40 bits per heavy atom. The molecule has 5 nitrogen and oxygen atoms in total. The largest absolute Gasteiger partial charge is 0.396 e. The summed E-state index contributed by atoms with van der Waals surface area (Å²) in [7, 11) is 0. The predicted molar refractivity (Wildman–Crippen MR) is 33.8 cm³/mol. The van der Waals surface area contributed by atoms with Crippen LogP contribution in [0.4, 0.5) is 5.69 Å². The lowest BCUT2D eigenvalue weighted by atomic mass is 10.5. The Bertz CT molecular complexity index is 242. The molecule has 0 bridgehead atoms. The molecule has 10 heavy (non-hydrogen) atoms. The van der Waals surface area contributed by atoms with Crippen LogP contribution in [-0.2, 0) is 0 Å². The maximum atomic E-state index is 10.3. The van der Waals surface area contributed by atoms with E-state index in [1.54, 1.807) is 0 Å². The fourth-order valence-electron chi connectivity index (χ4n) is 0.425. The molecule has 1 radical (unpaired) electrons. The number of aromatic nitrogens is 2. The number of nitrogens with zero attached hydrogens (tertiary/aromatic N) is 2. The van der Waals surface area contributed by atoms with Crippen molar-refractivity contribution in [3.05, 3.63) is 18.2 Å². The second kappa shape index (κ2) is 2.30. The number of hydrogen-bond donors (Lipinski definition) is 2. The Hall–Kier alpha value is -1.65. The molecule has 1 aromatic rings. The van der Waals surface area contributed by atoms with Gasteiger partial charge in [-0.1, -0.05) is 0 Å². The van der Waals surface area contributed by atoms with Gasteiger partial charge in [0.25, 0.3) is 5.91 Å². The van der Waals surface area contributed by atoms with Gasteiger partial charge < -0.3 is 11.5 Å². The third-order valence-corrected chi connectivity index (χ3v) is 0.837. The van der Waals surface area contributed by atoms with Crippen molar-refractivity contribution in [2.24, 2.45) is 5.73 Å². The summed E-state index contributed by atoms with van der Waals surface area (Å²) < 4.78 is 0. The highest BCUT2D eigenvalue weighted by Crippen LogP contribution is 1.93. The van der Waals surface area contributed by atoms with Crippen LogP contribution in [0.1, 0.15) is 10.6 Å². The van der Waals surface area contributed by atoms with Crippen LogP contribution in [-0.4, -0.2) is 15.9 Å². The molecular formula is C5H5N4O. The molecule has 1 rings (SSSR count). The van der Waals surface area contributed by atoms with Gasteiger partial charge in [0.15, 0.2) is 0 Å². The van der Waals surface area contributed by atoms with Crippen LogP contribution in [0.25, 0.3) is 0 Å². The van der Waals surface area contributed by atoms with Gasteiger partial charge in [-0.15, -0.1) is 0 Å². The van der Waals surface area contributed by atoms with Crippen LogP contribution in [0.2, 0.25) is 0 Å². The lowest BCUT2D eigenvalue weighted by molar-refractivity contribution is 0.0990. The van der Waals surface area contributed by atoms with E-state index in [1.165, 1.54) is 6.20 Å². The molecule has 0 aliphatic heterocycles. The SMILES string of the molecule is NC(=O)c1n[c]c(N)cn1. The molecule has 4 N–H and O–H groups in total. The molecule has 1 aromatic heterocycles. The Balaban J connectivity index is 3.00. The van der Waals surface area contributed by atoms with Crippen molar-refractivity contribution >= 4 is 11.6 Å². The third-order valence-electron chi connectivity index (χ3n) is 0.837. The molecule has 0 aliphatic carbocycles. The van der Waals surface area contributed by atoms with Gasteiger partial charge in [0.05, 0.1) is 11.9 Å². The molecule has 1 amide bonds. The van der Waals surface area contributed by atoms with E-state index in [0.717, 1.165) is 0 Å². The molecule has 0 spiro atoms. The maximum Gasteiger partial charge on any atom is 0.286 e. The normalized spacial score (nSPS) is 9.20. The molecule has 51 valence electrons. The van der Waals surface area contributed by atoms with E-state index in [-0.39, 0.29) is 11.5 Å². The predicted octanol–water partition coefficient (Wildman–Crippen LogP) is -1.04. The first-order chi connectivity index (χ1) is 4.70. The number of carbonyl (C=O) groups is 1. The Labute approximate surface area is 57.1 Å². The molecule has 5 heteroatoms. The van der Waals surface area contributed by atoms with Crippen LogP contribution < -0.4 is 11.5 Å². The quantitative estimate of drug-likeness (QED) is 0.516. The van der Waals surface area contributed by atoms with Gasteiger partial charge in [-0.2, -0.15) is 0 Å². The van der Waals surface area contributed by atoms with Crippen molar-refractivity contribution in [3.8, 4) is 0 Å². The Kier molecular flexibility index (Phi) is 1.49. The minimum absolute atomic E-state index is 0.0748. The zero-order valence-corrected chi connectivity index (χ0v) is 5.03. The van der Waals surface area contributed by atoms with Crippen molar-refractivity contribution in [1.29, 1.82) is 0 Å². The standard InChI is InChI=1S/C5H5N4O/c6-3-1-8-5(4(7)10)9-2-3/h1H,6H2,(H2,7,10). The topological polar surface area (TPSA) is 94.9 Å². The van der Waals surface area contributed by atoms with E-state index in [1.807, 2.05) is 0 Å². The number of primary amides is 1. The van der Waals surface area contributed by atoms with E-state index in [9.17, 15) is 4.79 Å². The monoisotopic (exact) mass is 137 g/mol. The van der Waals surface area contributed by atoms with Gasteiger partial charge in [-0.05, 0) is 0 Å². The van der Waals surface area contributed by atoms with Crippen molar-refractivity contribution in [1.82, 2.24) is 9.97 Å². The average Bonchev–Trinajstić information content (AvgIpc) is 1.88. The zero-order valence-electron chi connectivity index (χ0n) is 5.03. The third kappa shape index (κ3) is 1.19. The fraction of sp³-hybridized carbons (Fsp3) is 0. The average molecular weight is 137 g/mol. The summed E-state index contributed by atoms with van der Waals surface area (Å²) in [6, 6.07) is 0. The lowest BCUT2D eigenvalue weighted by Gasteiger charge is -1.91. The second-order valence-corrected chi connectivity index (χ2v) is 1.63. The minimum atomic E-state index is -0.684. The number of nitrogens with two attached hydrogens (primary N) is 2. The van der Waals surface area contributed by atoms with Gasteiger partial charge in [0.1, 0.15) is 6.20 Å². The molecule has 0 saturated carbocycles. The number of rotatable bonds is 1. The number of amides is 1. The number of anilines is 1. The second-order valence-electron chi connectivity index (χ2n) is 1.63. The summed E-state index contributed by atoms with van der Waals surface area (Å²) in [6.45, 7) is 0. The minimum Gasteiger partial charge on any atom is -0.396 e. The number of carbonyl (C=O) groups excluding carboxylic acids is 1. The first kappa shape index (κ1) is 6.47. The first-order valence-corrected chi connectivity index (χ1v) is 2.50. The van der Waals surface area contributed by atoms with E-state index in [2.05, 4.69) is 16.2 Å². The van der Waals surface area contributed by atoms with Gasteiger partial charge >= 0.3 is 0 Å². The molecule has 0 aliphatic rings. The first-order valence-electron chi connectivity index (χ1n) is 2.50. The van der Waals surface area contributed by atoms with E-state index >= 15 is 0 Å². The Morgan fingerprint density at radius 3 is 2.80 bits per heavy atom. The summed E-state index contributed by atoms with van der Waals surface area (Å²) >= 11 is 0. The van der Waals surface area contributed by atoms with Crippen LogP contribution in [0, 0.1) is 6.20 Å². The van der Waals surface area contributed by atoms with Crippen LogP contribution >= 0.6 is 0 Å². The zero-order chi connectivity index (χ0) is 7.56. The molecule has 0 atom stereocenters. The Morgan fingerprint density at radius 1 is 1.70 bits per heavy atom. The van der Waals surface area contributed by atoms with Gasteiger partial charge in [0.2, 0.25) is 5.82 Å². The van der Waals surface area contributed by atoms with E-state index in [4.69, 9.17) is 11.5 Å². The summed E-state index contributed by atoms with van der Waals surface area (Å²) in [5.41, 5.74) is 10.3. The van der Waals surface area contributed by atoms with Gasteiger partial charge in [0, 0.05) is 0 Å². The van der Waals surface area contributed by atoms with Crippen molar-refractivity contribution in [2.75, 3.05) is 5.73 Å². The summed E-state index contributed by atoms with van der Waals surface area (Å²) in [4.78, 5) is 17.3. The highest BCUT2D eigenvalue weighted by Gasteiger charge is 2.00. The van der Waals surface area contributed by atoms with Gasteiger partial charge in [-0.3, -0.25) is 4.79 Å². The summed E-state index contributed by atoms with van der Waals surface area (Å²) in [6.07, 6.45) is 3.62. The van der Waals surface area contributed by atoms with Crippen molar-refractivity contribution in [2.45, 2.75) is 0 Å². The molecule has 1 heterocycles. The van der Waals surface area contributed by atoms with Crippen LogP contribution in [0.15, 0.2) is 6.20 Å². The molecule has 0 aromatic carbocycles. The molecule has 0 saturated heterocycles. The van der Waals surface area contributed by atoms with E-state index in [0.29, 0.717) is 0 Å². The number of nitrogen functional groups attached to an aromatic ring is 1.